The van der Waals surface area contributed by atoms with E-state index in [4.69, 9.17) is 16.6 Å². The fourth-order valence-electron chi connectivity index (χ4n) is 1.21. The first-order chi connectivity index (χ1) is 8.91. The average molecular weight is 261 g/mol. The Balaban J connectivity index is 0.000000258. The number of nitrogens with two attached hydrogens (primary N) is 2. The first kappa shape index (κ1) is 14.6. The summed E-state index contributed by atoms with van der Waals surface area (Å²) in [6.07, 6.45) is 1.49. The SMILES string of the molecule is C[C@H](N)C(=O)O.NC(=O)c1cnc2ccccc2c1. The first-order valence-corrected chi connectivity index (χ1v) is 5.55. The van der Waals surface area contributed by atoms with E-state index in [9.17, 15) is 9.59 Å². The van der Waals surface area contributed by atoms with E-state index in [0.29, 0.717) is 5.56 Å². The van der Waals surface area contributed by atoms with Crippen LogP contribution in [-0.4, -0.2) is 28.0 Å². The molecule has 1 aromatic carbocycles. The Kier molecular flexibility index (Phi) is 4.96. The molecule has 0 fully saturated rings. The summed E-state index contributed by atoms with van der Waals surface area (Å²) in [4.78, 5) is 24.5. The van der Waals surface area contributed by atoms with Gasteiger partial charge in [0, 0.05) is 11.6 Å². The third-order valence-corrected chi connectivity index (χ3v) is 2.26. The van der Waals surface area contributed by atoms with Crippen molar-refractivity contribution in [2.45, 2.75) is 13.0 Å². The lowest BCUT2D eigenvalue weighted by Crippen LogP contribution is -2.25. The van der Waals surface area contributed by atoms with Crippen molar-refractivity contribution in [2.24, 2.45) is 11.5 Å². The molecule has 1 atom stereocenters. The van der Waals surface area contributed by atoms with Crippen molar-refractivity contribution < 1.29 is 14.7 Å². The summed E-state index contributed by atoms with van der Waals surface area (Å²) in [6.45, 7) is 1.42. The number of aromatic nitrogens is 1. The fourth-order valence-corrected chi connectivity index (χ4v) is 1.21. The Labute approximate surface area is 110 Å². The first-order valence-electron chi connectivity index (χ1n) is 5.55. The number of rotatable bonds is 2. The molecule has 0 bridgehead atoms. The van der Waals surface area contributed by atoms with Crippen molar-refractivity contribution in [1.82, 2.24) is 4.98 Å². The van der Waals surface area contributed by atoms with Crippen LogP contribution in [0.5, 0.6) is 0 Å². The zero-order valence-corrected chi connectivity index (χ0v) is 10.4. The van der Waals surface area contributed by atoms with Gasteiger partial charge in [-0.2, -0.15) is 0 Å². The maximum Gasteiger partial charge on any atom is 0.320 e. The molecule has 19 heavy (non-hydrogen) atoms. The molecular formula is C13H15N3O3. The van der Waals surface area contributed by atoms with Gasteiger partial charge in [0.25, 0.3) is 0 Å². The smallest absolute Gasteiger partial charge is 0.320 e. The number of carbonyl (C=O) groups excluding carboxylic acids is 1. The second-order valence-electron chi connectivity index (χ2n) is 3.91. The number of para-hydroxylation sites is 1. The van der Waals surface area contributed by atoms with Crippen LogP contribution in [-0.2, 0) is 4.79 Å². The van der Waals surface area contributed by atoms with E-state index in [-0.39, 0.29) is 0 Å². The highest BCUT2D eigenvalue weighted by atomic mass is 16.4. The van der Waals surface area contributed by atoms with Gasteiger partial charge in [0.15, 0.2) is 0 Å². The number of carboxylic acids is 1. The molecule has 5 N–H and O–H groups in total. The van der Waals surface area contributed by atoms with Crippen molar-refractivity contribution >= 4 is 22.8 Å². The summed E-state index contributed by atoms with van der Waals surface area (Å²) in [6, 6.07) is 8.60. The maximum absolute atomic E-state index is 10.8. The van der Waals surface area contributed by atoms with E-state index < -0.39 is 17.9 Å². The number of nitrogens with zero attached hydrogens (tertiary/aromatic N) is 1. The van der Waals surface area contributed by atoms with Crippen molar-refractivity contribution in [3.8, 4) is 0 Å². The molecule has 2 aromatic rings. The van der Waals surface area contributed by atoms with Gasteiger partial charge in [-0.15, -0.1) is 0 Å². The molecule has 0 aliphatic carbocycles. The predicted octanol–water partition coefficient (Wildman–Crippen LogP) is 0.752. The van der Waals surface area contributed by atoms with Crippen LogP contribution in [0.4, 0.5) is 0 Å². The number of aliphatic carboxylic acids is 1. The topological polar surface area (TPSA) is 119 Å². The summed E-state index contributed by atoms with van der Waals surface area (Å²) in [5.74, 6) is -1.41. The van der Waals surface area contributed by atoms with Crippen molar-refractivity contribution in [2.75, 3.05) is 0 Å². The van der Waals surface area contributed by atoms with Crippen LogP contribution < -0.4 is 11.5 Å². The molecule has 100 valence electrons. The molecule has 1 amide bonds. The molecule has 0 saturated carbocycles. The van der Waals surface area contributed by atoms with E-state index >= 15 is 0 Å². The minimum Gasteiger partial charge on any atom is -0.480 e. The van der Waals surface area contributed by atoms with E-state index in [1.54, 1.807) is 6.07 Å². The van der Waals surface area contributed by atoms with Crippen LogP contribution in [0.25, 0.3) is 10.9 Å². The van der Waals surface area contributed by atoms with Crippen LogP contribution in [0.2, 0.25) is 0 Å². The third-order valence-electron chi connectivity index (χ3n) is 2.26. The van der Waals surface area contributed by atoms with Crippen LogP contribution >= 0.6 is 0 Å². The van der Waals surface area contributed by atoms with E-state index in [1.807, 2.05) is 24.3 Å². The van der Waals surface area contributed by atoms with E-state index in [0.717, 1.165) is 10.9 Å². The zero-order chi connectivity index (χ0) is 14.4. The number of benzene rings is 1. The molecule has 6 heteroatoms. The van der Waals surface area contributed by atoms with Gasteiger partial charge in [0.2, 0.25) is 5.91 Å². The number of hydrogen-bond acceptors (Lipinski definition) is 4. The summed E-state index contributed by atoms with van der Waals surface area (Å²) in [5, 5.41) is 8.80. The molecule has 0 radical (unpaired) electrons. The van der Waals surface area contributed by atoms with E-state index in [1.165, 1.54) is 13.1 Å². The molecule has 0 aliphatic heterocycles. The molecule has 0 saturated heterocycles. The molecule has 0 aliphatic rings. The Morgan fingerprint density at radius 3 is 2.42 bits per heavy atom. The Morgan fingerprint density at radius 2 is 1.89 bits per heavy atom. The van der Waals surface area contributed by atoms with Crippen molar-refractivity contribution in [3.63, 3.8) is 0 Å². The largest absolute Gasteiger partial charge is 0.480 e. The third kappa shape index (κ3) is 4.36. The summed E-state index contributed by atoms with van der Waals surface area (Å²) in [5.41, 5.74) is 11.3. The fraction of sp³-hybridized carbons (Fsp3) is 0.154. The molecular weight excluding hydrogens is 246 g/mol. The van der Waals surface area contributed by atoms with Crippen LogP contribution in [0.3, 0.4) is 0 Å². The normalized spacial score (nSPS) is 11.3. The molecule has 1 aromatic heterocycles. The Morgan fingerprint density at radius 1 is 1.32 bits per heavy atom. The predicted molar refractivity (Wildman–Crippen MR) is 71.5 cm³/mol. The van der Waals surface area contributed by atoms with Gasteiger partial charge in [-0.05, 0) is 19.1 Å². The summed E-state index contributed by atoms with van der Waals surface area (Å²) in [7, 11) is 0. The van der Waals surface area contributed by atoms with Gasteiger partial charge in [0.05, 0.1) is 11.1 Å². The number of carboxylic acid groups (broad SMARTS) is 1. The minimum atomic E-state index is -0.963. The minimum absolute atomic E-state index is 0.443. The second kappa shape index (κ2) is 6.46. The van der Waals surface area contributed by atoms with Gasteiger partial charge in [0.1, 0.15) is 6.04 Å². The Bertz CT molecular complexity index is 596. The average Bonchev–Trinajstić information content (AvgIpc) is 2.38. The zero-order valence-electron chi connectivity index (χ0n) is 10.4. The number of carbonyl (C=O) groups is 2. The Hall–Kier alpha value is -2.47. The highest BCUT2D eigenvalue weighted by Gasteiger charge is 2.01. The quantitative estimate of drug-likeness (QED) is 0.737. The number of hydrogen-bond donors (Lipinski definition) is 3. The molecule has 1 heterocycles. The van der Waals surface area contributed by atoms with Crippen LogP contribution in [0.15, 0.2) is 36.5 Å². The standard InChI is InChI=1S/C10H8N2O.C3H7NO2/c11-10(13)8-5-7-3-1-2-4-9(7)12-6-8;1-2(4)3(5)6/h1-6H,(H2,11,13);2H,4H2,1H3,(H,5,6)/t;2-/m.0/s1. The van der Waals surface area contributed by atoms with E-state index in [2.05, 4.69) is 4.98 Å². The lowest BCUT2D eigenvalue weighted by atomic mass is 10.1. The number of fused-ring (bicyclic) bond motifs is 1. The lowest BCUT2D eigenvalue weighted by Gasteiger charge is -1.97. The molecule has 0 spiro atoms. The van der Waals surface area contributed by atoms with Crippen LogP contribution in [0.1, 0.15) is 17.3 Å². The van der Waals surface area contributed by atoms with Crippen molar-refractivity contribution in [1.29, 1.82) is 0 Å². The van der Waals surface area contributed by atoms with Crippen LogP contribution in [0, 0.1) is 0 Å². The number of amides is 1. The van der Waals surface area contributed by atoms with Gasteiger partial charge in [-0.3, -0.25) is 14.6 Å². The molecule has 0 unspecified atom stereocenters. The molecule has 2 rings (SSSR count). The monoisotopic (exact) mass is 261 g/mol. The van der Waals surface area contributed by atoms with Gasteiger partial charge >= 0.3 is 5.97 Å². The summed E-state index contributed by atoms with van der Waals surface area (Å²) >= 11 is 0. The maximum atomic E-state index is 10.8. The van der Waals surface area contributed by atoms with Gasteiger partial charge < -0.3 is 16.6 Å². The highest BCUT2D eigenvalue weighted by molar-refractivity contribution is 5.96. The molecule has 6 nitrogen and oxygen atoms in total. The van der Waals surface area contributed by atoms with Gasteiger partial charge in [-0.25, -0.2) is 0 Å². The summed E-state index contributed by atoms with van der Waals surface area (Å²) < 4.78 is 0. The highest BCUT2D eigenvalue weighted by Crippen LogP contribution is 2.11. The number of primary amides is 1. The van der Waals surface area contributed by atoms with Crippen molar-refractivity contribution in [3.05, 3.63) is 42.1 Å². The number of pyridine rings is 1. The second-order valence-corrected chi connectivity index (χ2v) is 3.91. The van der Waals surface area contributed by atoms with Gasteiger partial charge in [-0.1, -0.05) is 18.2 Å². The lowest BCUT2D eigenvalue weighted by molar-refractivity contribution is -0.138.